The van der Waals surface area contributed by atoms with Crippen LogP contribution in [0.5, 0.6) is 0 Å². The average Bonchev–Trinajstić information content (AvgIpc) is 2.82. The van der Waals surface area contributed by atoms with E-state index in [2.05, 4.69) is 9.71 Å². The number of aliphatic hydroxyl groups is 1. The van der Waals surface area contributed by atoms with Gasteiger partial charge in [0.1, 0.15) is 10.8 Å². The van der Waals surface area contributed by atoms with Crippen LogP contribution in [0.15, 0.2) is 28.5 Å². The Kier molecular flexibility index (Phi) is 4.48. The van der Waals surface area contributed by atoms with Gasteiger partial charge in [0.05, 0.1) is 18.0 Å². The summed E-state index contributed by atoms with van der Waals surface area (Å²) in [7, 11) is -3.90. The smallest absolute Gasteiger partial charge is 0.241 e. The summed E-state index contributed by atoms with van der Waals surface area (Å²) in [5.41, 5.74) is 0.959. The predicted octanol–water partition coefficient (Wildman–Crippen LogP) is 1.56. The van der Waals surface area contributed by atoms with E-state index in [9.17, 15) is 12.8 Å². The van der Waals surface area contributed by atoms with Crippen LogP contribution >= 0.6 is 11.3 Å². The molecule has 5 nitrogen and oxygen atoms in total. The van der Waals surface area contributed by atoms with Crippen molar-refractivity contribution in [3.63, 3.8) is 0 Å². The van der Waals surface area contributed by atoms with Crippen LogP contribution in [0, 0.1) is 12.7 Å². The Labute approximate surface area is 120 Å². The van der Waals surface area contributed by atoms with Crippen molar-refractivity contribution in [3.8, 4) is 0 Å². The Hall–Kier alpha value is -1.35. The van der Waals surface area contributed by atoms with Crippen molar-refractivity contribution in [2.45, 2.75) is 25.0 Å². The molecule has 1 heterocycles. The molecule has 0 saturated heterocycles. The van der Waals surface area contributed by atoms with Crippen molar-refractivity contribution >= 4 is 21.4 Å². The molecule has 0 aliphatic carbocycles. The molecule has 0 amide bonds. The molecular formula is C12H13FN2O3S2. The number of nitrogens with one attached hydrogen (secondary N) is 1. The highest BCUT2D eigenvalue weighted by Gasteiger charge is 2.19. The zero-order valence-electron chi connectivity index (χ0n) is 10.6. The molecule has 0 aliphatic heterocycles. The number of hydrogen-bond donors (Lipinski definition) is 2. The number of aryl methyl sites for hydroxylation is 1. The van der Waals surface area contributed by atoms with Crippen molar-refractivity contribution in [1.29, 1.82) is 0 Å². The molecule has 2 rings (SSSR count). The summed E-state index contributed by atoms with van der Waals surface area (Å²) in [6.45, 7) is 1.36. The van der Waals surface area contributed by atoms with Crippen molar-refractivity contribution in [1.82, 2.24) is 9.71 Å². The molecule has 0 unspecified atom stereocenters. The SMILES string of the molecule is Cc1csc(CNS(=O)(=O)c2cc(F)ccc2CO)n1. The van der Waals surface area contributed by atoms with Gasteiger partial charge in [0, 0.05) is 11.1 Å². The summed E-state index contributed by atoms with van der Waals surface area (Å²) in [5.74, 6) is -0.673. The molecule has 1 aromatic carbocycles. The van der Waals surface area contributed by atoms with Crippen LogP contribution in [-0.4, -0.2) is 18.5 Å². The number of thiazole rings is 1. The van der Waals surface area contributed by atoms with Gasteiger partial charge in [-0.15, -0.1) is 11.3 Å². The van der Waals surface area contributed by atoms with Gasteiger partial charge in [0.15, 0.2) is 0 Å². The Morgan fingerprint density at radius 3 is 2.80 bits per heavy atom. The molecular weight excluding hydrogens is 303 g/mol. The third kappa shape index (κ3) is 3.40. The molecule has 0 bridgehead atoms. The van der Waals surface area contributed by atoms with Gasteiger partial charge >= 0.3 is 0 Å². The monoisotopic (exact) mass is 316 g/mol. The van der Waals surface area contributed by atoms with Crippen LogP contribution in [0.2, 0.25) is 0 Å². The van der Waals surface area contributed by atoms with Crippen LogP contribution < -0.4 is 4.72 Å². The molecule has 0 saturated carbocycles. The quantitative estimate of drug-likeness (QED) is 0.877. The third-order valence-electron chi connectivity index (χ3n) is 2.57. The zero-order valence-corrected chi connectivity index (χ0v) is 12.3. The number of aliphatic hydroxyl groups excluding tert-OH is 1. The third-order valence-corrected chi connectivity index (χ3v) is 5.02. The first-order valence-corrected chi connectivity index (χ1v) is 8.08. The largest absolute Gasteiger partial charge is 0.392 e. The summed E-state index contributed by atoms with van der Waals surface area (Å²) in [5, 5.41) is 11.6. The van der Waals surface area contributed by atoms with Gasteiger partial charge in [-0.1, -0.05) is 6.07 Å². The van der Waals surface area contributed by atoms with E-state index in [-0.39, 0.29) is 17.0 Å². The second-order valence-electron chi connectivity index (χ2n) is 4.12. The summed E-state index contributed by atoms with van der Waals surface area (Å²) >= 11 is 1.34. The number of hydrogen-bond acceptors (Lipinski definition) is 5. The maximum absolute atomic E-state index is 13.2. The molecule has 0 spiro atoms. The van der Waals surface area contributed by atoms with E-state index in [1.165, 1.54) is 17.4 Å². The number of rotatable bonds is 5. The Bertz CT molecular complexity index is 713. The molecule has 0 aliphatic rings. The molecule has 0 radical (unpaired) electrons. The van der Waals surface area contributed by atoms with Crippen molar-refractivity contribution in [3.05, 3.63) is 45.7 Å². The summed E-state index contributed by atoms with van der Waals surface area (Å²) in [6.07, 6.45) is 0. The fourth-order valence-corrected chi connectivity index (χ4v) is 3.66. The molecule has 8 heteroatoms. The fourth-order valence-electron chi connectivity index (χ4n) is 1.63. The zero-order chi connectivity index (χ0) is 14.8. The molecule has 2 N–H and O–H groups in total. The van der Waals surface area contributed by atoms with Gasteiger partial charge < -0.3 is 5.11 Å². The number of benzene rings is 1. The van der Waals surface area contributed by atoms with Gasteiger partial charge in [0.2, 0.25) is 10.0 Å². The minimum atomic E-state index is -3.90. The van der Waals surface area contributed by atoms with E-state index in [1.54, 1.807) is 0 Å². The first-order valence-electron chi connectivity index (χ1n) is 5.72. The van der Waals surface area contributed by atoms with Gasteiger partial charge in [-0.25, -0.2) is 22.5 Å². The lowest BCUT2D eigenvalue weighted by atomic mass is 10.2. The van der Waals surface area contributed by atoms with Crippen LogP contribution in [-0.2, 0) is 23.2 Å². The second kappa shape index (κ2) is 5.96. The molecule has 108 valence electrons. The first-order chi connectivity index (χ1) is 9.42. The minimum absolute atomic E-state index is 0.0300. The van der Waals surface area contributed by atoms with E-state index in [4.69, 9.17) is 5.11 Å². The summed E-state index contributed by atoms with van der Waals surface area (Å²) in [4.78, 5) is 3.88. The van der Waals surface area contributed by atoms with E-state index in [1.807, 2.05) is 12.3 Å². The second-order valence-corrected chi connectivity index (χ2v) is 6.80. The van der Waals surface area contributed by atoms with Crippen LogP contribution in [0.1, 0.15) is 16.3 Å². The summed E-state index contributed by atoms with van der Waals surface area (Å²) < 4.78 is 39.8. The lowest BCUT2D eigenvalue weighted by Crippen LogP contribution is -2.24. The van der Waals surface area contributed by atoms with Crippen LogP contribution in [0.25, 0.3) is 0 Å². The van der Waals surface area contributed by atoms with Crippen LogP contribution in [0.4, 0.5) is 4.39 Å². The predicted molar refractivity (Wildman–Crippen MR) is 73.2 cm³/mol. The fraction of sp³-hybridized carbons (Fsp3) is 0.250. The molecule has 0 fully saturated rings. The van der Waals surface area contributed by atoms with E-state index < -0.39 is 22.4 Å². The van der Waals surface area contributed by atoms with Crippen molar-refractivity contribution in [2.75, 3.05) is 0 Å². The topological polar surface area (TPSA) is 79.3 Å². The van der Waals surface area contributed by atoms with Crippen molar-refractivity contribution < 1.29 is 17.9 Å². The number of sulfonamides is 1. The lowest BCUT2D eigenvalue weighted by Gasteiger charge is -2.09. The lowest BCUT2D eigenvalue weighted by molar-refractivity contribution is 0.278. The van der Waals surface area contributed by atoms with E-state index >= 15 is 0 Å². The molecule has 0 atom stereocenters. The highest BCUT2D eigenvalue weighted by Crippen LogP contribution is 2.18. The number of halogens is 1. The normalized spacial score (nSPS) is 11.8. The van der Waals surface area contributed by atoms with Crippen LogP contribution in [0.3, 0.4) is 0 Å². The van der Waals surface area contributed by atoms with Gasteiger partial charge in [0.25, 0.3) is 0 Å². The number of aromatic nitrogens is 1. The molecule has 20 heavy (non-hydrogen) atoms. The first kappa shape index (κ1) is 15.0. The molecule has 1 aromatic heterocycles. The maximum atomic E-state index is 13.2. The number of nitrogens with zero attached hydrogens (tertiary/aromatic N) is 1. The Morgan fingerprint density at radius 2 is 2.20 bits per heavy atom. The van der Waals surface area contributed by atoms with E-state index in [0.29, 0.717) is 5.01 Å². The maximum Gasteiger partial charge on any atom is 0.241 e. The van der Waals surface area contributed by atoms with Gasteiger partial charge in [-0.05, 0) is 24.6 Å². The molecule has 2 aromatic rings. The Balaban J connectivity index is 2.24. The minimum Gasteiger partial charge on any atom is -0.392 e. The Morgan fingerprint density at radius 1 is 1.45 bits per heavy atom. The van der Waals surface area contributed by atoms with Crippen molar-refractivity contribution in [2.24, 2.45) is 0 Å². The van der Waals surface area contributed by atoms with E-state index in [0.717, 1.165) is 17.8 Å². The average molecular weight is 316 g/mol. The van der Waals surface area contributed by atoms with Gasteiger partial charge in [-0.3, -0.25) is 0 Å². The van der Waals surface area contributed by atoms with Gasteiger partial charge in [-0.2, -0.15) is 0 Å². The highest BCUT2D eigenvalue weighted by atomic mass is 32.2. The standard InChI is InChI=1S/C12H13FN2O3S2/c1-8-7-19-12(15-8)5-14-20(17,18)11-4-10(13)3-2-9(11)6-16/h2-4,7,14,16H,5-6H2,1H3. The highest BCUT2D eigenvalue weighted by molar-refractivity contribution is 7.89. The summed E-state index contributed by atoms with van der Waals surface area (Å²) in [6, 6.07) is 3.24.